The topological polar surface area (TPSA) is 127 Å². The summed E-state index contributed by atoms with van der Waals surface area (Å²) in [5.41, 5.74) is -0.505. The van der Waals surface area contributed by atoms with Crippen molar-refractivity contribution in [3.63, 3.8) is 0 Å². The highest BCUT2D eigenvalue weighted by atomic mass is 32.2. The van der Waals surface area contributed by atoms with E-state index < -0.39 is 38.7 Å². The molecule has 1 unspecified atom stereocenters. The molecule has 0 aliphatic carbocycles. The number of nitrogens with zero attached hydrogens (tertiary/aromatic N) is 2. The number of para-hydroxylation sites is 2. The van der Waals surface area contributed by atoms with Gasteiger partial charge in [0.1, 0.15) is 6.04 Å². The average molecular weight is 330 g/mol. The van der Waals surface area contributed by atoms with Crippen LogP contribution in [-0.4, -0.2) is 41.3 Å². The van der Waals surface area contributed by atoms with Crippen LogP contribution in [0.3, 0.4) is 0 Å². The number of nitro benzene ring substituents is 1. The normalized spacial score (nSPS) is 19.5. The highest BCUT2D eigenvalue weighted by Crippen LogP contribution is 2.29. The Morgan fingerprint density at radius 3 is 2.68 bits per heavy atom. The van der Waals surface area contributed by atoms with Gasteiger partial charge >= 0.3 is 22.0 Å². The molecule has 1 atom stereocenters. The van der Waals surface area contributed by atoms with Gasteiger partial charge in [-0.1, -0.05) is 12.1 Å². The largest absolute Gasteiger partial charge is 0.480 e. The van der Waals surface area contributed by atoms with E-state index in [2.05, 4.69) is 0 Å². The van der Waals surface area contributed by atoms with Gasteiger partial charge in [0.25, 0.3) is 0 Å². The van der Waals surface area contributed by atoms with Gasteiger partial charge in [0.2, 0.25) is 5.75 Å². The molecule has 1 aliphatic heterocycles. The minimum Gasteiger partial charge on any atom is -0.480 e. The third-order valence-electron chi connectivity index (χ3n) is 3.28. The predicted molar refractivity (Wildman–Crippen MR) is 74.6 cm³/mol. The molecule has 0 aromatic heterocycles. The lowest BCUT2D eigenvalue weighted by Crippen LogP contribution is -2.49. The number of hydrogen-bond donors (Lipinski definition) is 1. The molecule has 0 saturated carbocycles. The lowest BCUT2D eigenvalue weighted by molar-refractivity contribution is -0.385. The van der Waals surface area contributed by atoms with E-state index in [0.29, 0.717) is 12.8 Å². The van der Waals surface area contributed by atoms with Crippen LogP contribution >= 0.6 is 0 Å². The molecule has 9 nitrogen and oxygen atoms in total. The Morgan fingerprint density at radius 2 is 2.05 bits per heavy atom. The highest BCUT2D eigenvalue weighted by molar-refractivity contribution is 7.84. The molecule has 22 heavy (non-hydrogen) atoms. The van der Waals surface area contributed by atoms with Crippen LogP contribution in [0, 0.1) is 10.1 Å². The molecule has 1 saturated heterocycles. The maximum atomic E-state index is 12.3. The summed E-state index contributed by atoms with van der Waals surface area (Å²) in [6, 6.07) is 3.80. The Balaban J connectivity index is 2.31. The summed E-state index contributed by atoms with van der Waals surface area (Å²) in [6.07, 6.45) is 1.27. The van der Waals surface area contributed by atoms with Crippen molar-refractivity contribution < 1.29 is 27.4 Å². The van der Waals surface area contributed by atoms with Crippen molar-refractivity contribution >= 4 is 22.0 Å². The molecule has 1 fully saturated rings. The van der Waals surface area contributed by atoms with E-state index in [0.717, 1.165) is 16.4 Å². The van der Waals surface area contributed by atoms with Crippen molar-refractivity contribution in [2.75, 3.05) is 6.54 Å². The molecular weight excluding hydrogens is 316 g/mol. The summed E-state index contributed by atoms with van der Waals surface area (Å²) in [6.45, 7) is -0.0000683. The first-order valence-electron chi connectivity index (χ1n) is 6.50. The molecule has 0 bridgehead atoms. The second kappa shape index (κ2) is 6.28. The van der Waals surface area contributed by atoms with E-state index in [1.165, 1.54) is 12.1 Å². The quantitative estimate of drug-likeness (QED) is 0.633. The van der Waals surface area contributed by atoms with Crippen molar-refractivity contribution in [1.82, 2.24) is 4.31 Å². The van der Waals surface area contributed by atoms with E-state index in [1.54, 1.807) is 0 Å². The maximum absolute atomic E-state index is 12.3. The van der Waals surface area contributed by atoms with Crippen molar-refractivity contribution in [3.05, 3.63) is 34.4 Å². The Morgan fingerprint density at radius 1 is 1.36 bits per heavy atom. The number of carboxylic acid groups (broad SMARTS) is 1. The molecule has 2 rings (SSSR count). The number of hydrogen-bond acceptors (Lipinski definition) is 6. The van der Waals surface area contributed by atoms with E-state index >= 15 is 0 Å². The molecule has 1 heterocycles. The zero-order valence-electron chi connectivity index (χ0n) is 11.4. The molecule has 1 aliphatic rings. The van der Waals surface area contributed by atoms with Crippen molar-refractivity contribution in [2.24, 2.45) is 0 Å². The second-order valence-electron chi connectivity index (χ2n) is 4.73. The van der Waals surface area contributed by atoms with Crippen molar-refractivity contribution in [3.8, 4) is 5.75 Å². The smallest absolute Gasteiger partial charge is 0.386 e. The summed E-state index contributed by atoms with van der Waals surface area (Å²) in [4.78, 5) is 21.3. The van der Waals surface area contributed by atoms with Gasteiger partial charge in [0.15, 0.2) is 0 Å². The number of piperidine rings is 1. The zero-order chi connectivity index (χ0) is 16.3. The number of nitro groups is 1. The van der Waals surface area contributed by atoms with Crippen LogP contribution in [0.25, 0.3) is 0 Å². The van der Waals surface area contributed by atoms with E-state index in [-0.39, 0.29) is 13.0 Å². The number of aliphatic carboxylic acids is 1. The van der Waals surface area contributed by atoms with Gasteiger partial charge in [-0.05, 0) is 25.3 Å². The highest BCUT2D eigenvalue weighted by Gasteiger charge is 2.39. The van der Waals surface area contributed by atoms with Crippen LogP contribution in [0.4, 0.5) is 5.69 Å². The number of rotatable bonds is 5. The first-order valence-corrected chi connectivity index (χ1v) is 7.87. The lowest BCUT2D eigenvalue weighted by atomic mass is 10.1. The Labute approximate surface area is 126 Å². The van der Waals surface area contributed by atoms with Crippen molar-refractivity contribution in [1.29, 1.82) is 0 Å². The van der Waals surface area contributed by atoms with Gasteiger partial charge in [-0.15, -0.1) is 0 Å². The first-order chi connectivity index (χ1) is 10.3. The van der Waals surface area contributed by atoms with Crippen LogP contribution in [0.2, 0.25) is 0 Å². The summed E-state index contributed by atoms with van der Waals surface area (Å²) in [7, 11) is -4.44. The molecule has 10 heteroatoms. The van der Waals surface area contributed by atoms with Gasteiger partial charge in [-0.2, -0.15) is 12.7 Å². The first kappa shape index (κ1) is 16.2. The minimum atomic E-state index is -4.44. The Hall–Kier alpha value is -2.20. The molecule has 1 N–H and O–H groups in total. The molecular formula is C12H14N2O7S. The fraction of sp³-hybridized carbons (Fsp3) is 0.417. The molecule has 1 aromatic carbocycles. The number of carbonyl (C=O) groups is 1. The van der Waals surface area contributed by atoms with Crippen LogP contribution in [0.5, 0.6) is 5.75 Å². The molecule has 0 radical (unpaired) electrons. The fourth-order valence-electron chi connectivity index (χ4n) is 2.26. The summed E-state index contributed by atoms with van der Waals surface area (Å²) >= 11 is 0. The molecule has 0 spiro atoms. The number of carboxylic acids is 1. The average Bonchev–Trinajstić information content (AvgIpc) is 2.47. The van der Waals surface area contributed by atoms with Crippen LogP contribution < -0.4 is 4.18 Å². The van der Waals surface area contributed by atoms with E-state index in [9.17, 15) is 23.3 Å². The standard InChI is InChI=1S/C12H14N2O7S/c15-12(16)10-6-3-4-8-13(10)22(19,20)21-11-7-2-1-5-9(11)14(17)18/h1-2,5,7,10H,3-4,6,8H2,(H,15,16). The SMILES string of the molecule is O=C(O)C1CCCCN1S(=O)(=O)Oc1ccccc1[N+](=O)[O-]. The van der Waals surface area contributed by atoms with Crippen LogP contribution in [0.1, 0.15) is 19.3 Å². The summed E-state index contributed by atoms with van der Waals surface area (Å²) in [5, 5.41) is 20.0. The Bertz CT molecular complexity index is 688. The molecule has 1 aromatic rings. The van der Waals surface area contributed by atoms with Gasteiger partial charge in [0, 0.05) is 12.6 Å². The van der Waals surface area contributed by atoms with Gasteiger partial charge in [0.05, 0.1) is 4.92 Å². The second-order valence-corrected chi connectivity index (χ2v) is 6.22. The van der Waals surface area contributed by atoms with E-state index in [1.807, 2.05) is 0 Å². The van der Waals surface area contributed by atoms with E-state index in [4.69, 9.17) is 9.29 Å². The fourth-order valence-corrected chi connectivity index (χ4v) is 3.58. The third kappa shape index (κ3) is 3.34. The number of benzene rings is 1. The van der Waals surface area contributed by atoms with Crippen LogP contribution in [-0.2, 0) is 15.1 Å². The monoisotopic (exact) mass is 330 g/mol. The third-order valence-corrected chi connectivity index (χ3v) is 4.68. The van der Waals surface area contributed by atoms with Gasteiger partial charge in [-0.25, -0.2) is 0 Å². The molecule has 0 amide bonds. The molecule has 120 valence electrons. The predicted octanol–water partition coefficient (Wildman–Crippen LogP) is 1.16. The van der Waals surface area contributed by atoms with Gasteiger partial charge in [-0.3, -0.25) is 14.9 Å². The maximum Gasteiger partial charge on any atom is 0.386 e. The summed E-state index contributed by atoms with van der Waals surface area (Å²) < 4.78 is 30.1. The summed E-state index contributed by atoms with van der Waals surface area (Å²) in [5.74, 6) is -1.71. The van der Waals surface area contributed by atoms with Crippen molar-refractivity contribution in [2.45, 2.75) is 25.3 Å². The lowest BCUT2D eigenvalue weighted by Gasteiger charge is -2.30. The van der Waals surface area contributed by atoms with Gasteiger partial charge < -0.3 is 9.29 Å². The minimum absolute atomic E-state index is 0.0000683. The zero-order valence-corrected chi connectivity index (χ0v) is 12.2. The Kier molecular flexibility index (Phi) is 4.62. The van der Waals surface area contributed by atoms with Crippen LogP contribution in [0.15, 0.2) is 24.3 Å².